The maximum Gasteiger partial charge on any atom is 0.338 e. The Morgan fingerprint density at radius 2 is 1.81 bits per heavy atom. The lowest BCUT2D eigenvalue weighted by Gasteiger charge is -2.16. The molecule has 0 fully saturated rings. The zero-order valence-electron chi connectivity index (χ0n) is 9.14. The standard InChI is InChI=1S/C12H13BrO3/c1-8(14)11(13)9(2)16-12(15)10-6-4-3-5-7-10/h3-7,9,11H,1-2H3/t9-,11+/m0/s1. The minimum absolute atomic E-state index is 0.0617. The first kappa shape index (κ1) is 12.9. The van der Waals surface area contributed by atoms with Crippen molar-refractivity contribution in [2.45, 2.75) is 24.8 Å². The molecule has 86 valence electrons. The van der Waals surface area contributed by atoms with Crippen LogP contribution in [0.5, 0.6) is 0 Å². The summed E-state index contributed by atoms with van der Waals surface area (Å²) in [5.74, 6) is -0.479. The van der Waals surface area contributed by atoms with Gasteiger partial charge in [0.15, 0.2) is 0 Å². The lowest BCUT2D eigenvalue weighted by atomic mass is 10.2. The summed E-state index contributed by atoms with van der Waals surface area (Å²) in [6, 6.07) is 8.69. The van der Waals surface area contributed by atoms with E-state index in [1.807, 2.05) is 6.07 Å². The van der Waals surface area contributed by atoms with Gasteiger partial charge in [-0.3, -0.25) is 4.79 Å². The molecule has 0 heterocycles. The van der Waals surface area contributed by atoms with Crippen molar-refractivity contribution in [3.05, 3.63) is 35.9 Å². The molecular weight excluding hydrogens is 272 g/mol. The van der Waals surface area contributed by atoms with Crippen LogP contribution in [0.15, 0.2) is 30.3 Å². The molecule has 1 aromatic rings. The van der Waals surface area contributed by atoms with Crippen molar-refractivity contribution in [2.24, 2.45) is 0 Å². The van der Waals surface area contributed by atoms with Crippen LogP contribution >= 0.6 is 15.9 Å². The van der Waals surface area contributed by atoms with Gasteiger partial charge in [0.25, 0.3) is 0 Å². The quantitative estimate of drug-likeness (QED) is 0.631. The highest BCUT2D eigenvalue weighted by atomic mass is 79.9. The molecular formula is C12H13BrO3. The second-order valence-corrected chi connectivity index (χ2v) is 4.48. The summed E-state index contributed by atoms with van der Waals surface area (Å²) in [5, 5.41) is 0. The van der Waals surface area contributed by atoms with Gasteiger partial charge in [-0.15, -0.1) is 0 Å². The zero-order chi connectivity index (χ0) is 12.1. The Morgan fingerprint density at radius 1 is 1.25 bits per heavy atom. The molecule has 0 aliphatic rings. The van der Waals surface area contributed by atoms with Gasteiger partial charge in [0.05, 0.1) is 5.56 Å². The molecule has 0 radical (unpaired) electrons. The number of ketones is 1. The van der Waals surface area contributed by atoms with E-state index in [9.17, 15) is 9.59 Å². The highest BCUT2D eigenvalue weighted by Gasteiger charge is 2.22. The molecule has 0 spiro atoms. The van der Waals surface area contributed by atoms with Crippen molar-refractivity contribution in [2.75, 3.05) is 0 Å². The normalized spacial score (nSPS) is 13.9. The van der Waals surface area contributed by atoms with Crippen molar-refractivity contribution >= 4 is 27.7 Å². The van der Waals surface area contributed by atoms with E-state index in [1.54, 1.807) is 31.2 Å². The first-order valence-electron chi connectivity index (χ1n) is 4.93. The summed E-state index contributed by atoms with van der Waals surface area (Å²) >= 11 is 3.18. The summed E-state index contributed by atoms with van der Waals surface area (Å²) in [4.78, 5) is 22.2. The Hall–Kier alpha value is -1.16. The van der Waals surface area contributed by atoms with Crippen molar-refractivity contribution in [1.82, 2.24) is 0 Å². The molecule has 1 rings (SSSR count). The molecule has 0 N–H and O–H groups in total. The number of benzene rings is 1. The number of hydrogen-bond donors (Lipinski definition) is 0. The van der Waals surface area contributed by atoms with E-state index in [0.29, 0.717) is 5.56 Å². The third kappa shape index (κ3) is 3.45. The summed E-state index contributed by atoms with van der Waals surface area (Å²) in [6.07, 6.45) is -0.481. The van der Waals surface area contributed by atoms with Crippen molar-refractivity contribution < 1.29 is 14.3 Å². The molecule has 0 amide bonds. The van der Waals surface area contributed by atoms with Gasteiger partial charge in [0.2, 0.25) is 0 Å². The summed E-state index contributed by atoms with van der Waals surface area (Å²) in [6.45, 7) is 3.13. The second-order valence-electron chi connectivity index (χ2n) is 3.49. The fourth-order valence-corrected chi connectivity index (χ4v) is 1.31. The lowest BCUT2D eigenvalue weighted by molar-refractivity contribution is -0.117. The van der Waals surface area contributed by atoms with E-state index >= 15 is 0 Å². The zero-order valence-corrected chi connectivity index (χ0v) is 10.7. The molecule has 1 aromatic carbocycles. The molecule has 2 atom stereocenters. The molecule has 3 nitrogen and oxygen atoms in total. The van der Waals surface area contributed by atoms with Crippen molar-refractivity contribution in [1.29, 1.82) is 0 Å². The van der Waals surface area contributed by atoms with Crippen LogP contribution in [0.2, 0.25) is 0 Å². The van der Waals surface area contributed by atoms with Crippen molar-refractivity contribution in [3.8, 4) is 0 Å². The van der Waals surface area contributed by atoms with Crippen molar-refractivity contribution in [3.63, 3.8) is 0 Å². The maximum absolute atomic E-state index is 11.6. The fraction of sp³-hybridized carbons (Fsp3) is 0.333. The molecule has 0 aromatic heterocycles. The number of esters is 1. The first-order valence-corrected chi connectivity index (χ1v) is 5.84. The molecule has 0 bridgehead atoms. The number of hydrogen-bond acceptors (Lipinski definition) is 3. The largest absolute Gasteiger partial charge is 0.457 e. The Morgan fingerprint density at radius 3 is 2.31 bits per heavy atom. The molecule has 0 unspecified atom stereocenters. The van der Waals surface area contributed by atoms with Gasteiger partial charge < -0.3 is 4.74 Å². The highest BCUT2D eigenvalue weighted by Crippen LogP contribution is 2.12. The Labute approximate surface area is 103 Å². The van der Waals surface area contributed by atoms with Crippen LogP contribution < -0.4 is 0 Å². The van der Waals surface area contributed by atoms with Gasteiger partial charge in [0, 0.05) is 0 Å². The Bertz CT molecular complexity index is 375. The highest BCUT2D eigenvalue weighted by molar-refractivity contribution is 9.10. The summed E-state index contributed by atoms with van der Waals surface area (Å²) in [5.41, 5.74) is 0.484. The first-order chi connectivity index (χ1) is 7.52. The van der Waals surface area contributed by atoms with E-state index in [2.05, 4.69) is 15.9 Å². The monoisotopic (exact) mass is 284 g/mol. The molecule has 0 aliphatic heterocycles. The number of alkyl halides is 1. The number of rotatable bonds is 4. The van der Waals surface area contributed by atoms with Crippen LogP contribution in [0, 0.1) is 0 Å². The van der Waals surface area contributed by atoms with Crippen LogP contribution in [0.1, 0.15) is 24.2 Å². The molecule has 16 heavy (non-hydrogen) atoms. The third-order valence-corrected chi connectivity index (χ3v) is 3.49. The lowest BCUT2D eigenvalue weighted by Crippen LogP contribution is -2.29. The number of Topliss-reactive ketones (excluding diaryl/α,β-unsaturated/α-hetero) is 1. The minimum Gasteiger partial charge on any atom is -0.457 e. The van der Waals surface area contributed by atoms with E-state index in [0.717, 1.165) is 0 Å². The average molecular weight is 285 g/mol. The number of ether oxygens (including phenoxy) is 1. The van der Waals surface area contributed by atoms with Gasteiger partial charge in [-0.25, -0.2) is 4.79 Å². The van der Waals surface area contributed by atoms with E-state index in [4.69, 9.17) is 4.74 Å². The maximum atomic E-state index is 11.6. The predicted octanol–water partition coefficient (Wildman–Crippen LogP) is 2.58. The van der Waals surface area contributed by atoms with E-state index in [1.165, 1.54) is 6.92 Å². The average Bonchev–Trinajstić information content (AvgIpc) is 2.28. The summed E-state index contributed by atoms with van der Waals surface area (Å²) in [7, 11) is 0. The SMILES string of the molecule is CC(=O)[C@@H](Br)[C@H](C)OC(=O)c1ccccc1. The van der Waals surface area contributed by atoms with Crippen LogP contribution in [0.3, 0.4) is 0 Å². The molecule has 4 heteroatoms. The minimum atomic E-state index is -0.481. The van der Waals surface area contributed by atoms with Gasteiger partial charge in [-0.05, 0) is 26.0 Å². The smallest absolute Gasteiger partial charge is 0.338 e. The second kappa shape index (κ2) is 5.80. The van der Waals surface area contributed by atoms with E-state index in [-0.39, 0.29) is 5.78 Å². The molecule has 0 aliphatic carbocycles. The molecule has 0 saturated heterocycles. The van der Waals surface area contributed by atoms with E-state index < -0.39 is 16.9 Å². The van der Waals surface area contributed by atoms with Gasteiger partial charge in [-0.1, -0.05) is 34.1 Å². The van der Waals surface area contributed by atoms with Gasteiger partial charge in [-0.2, -0.15) is 0 Å². The number of carbonyl (C=O) groups excluding carboxylic acids is 2. The van der Waals surface area contributed by atoms with Crippen LogP contribution in [0.4, 0.5) is 0 Å². The summed E-state index contributed by atoms with van der Waals surface area (Å²) < 4.78 is 5.15. The van der Waals surface area contributed by atoms with Crippen LogP contribution in [-0.2, 0) is 9.53 Å². The third-order valence-electron chi connectivity index (χ3n) is 2.10. The number of carbonyl (C=O) groups is 2. The predicted molar refractivity (Wildman–Crippen MR) is 64.7 cm³/mol. The fourth-order valence-electron chi connectivity index (χ4n) is 1.20. The van der Waals surface area contributed by atoms with Gasteiger partial charge >= 0.3 is 5.97 Å². The van der Waals surface area contributed by atoms with Crippen LogP contribution in [-0.4, -0.2) is 22.7 Å². The van der Waals surface area contributed by atoms with Gasteiger partial charge in [0.1, 0.15) is 16.7 Å². The number of halogens is 1. The topological polar surface area (TPSA) is 43.4 Å². The Kier molecular flexibility index (Phi) is 4.68. The Balaban J connectivity index is 2.62. The van der Waals surface area contributed by atoms with Crippen LogP contribution in [0.25, 0.3) is 0 Å². The molecule has 0 saturated carbocycles.